The third-order valence-electron chi connectivity index (χ3n) is 3.45. The maximum atomic E-state index is 10.6. The van der Waals surface area contributed by atoms with E-state index in [-0.39, 0.29) is 6.10 Å². The van der Waals surface area contributed by atoms with Gasteiger partial charge in [0.05, 0.1) is 13.1 Å². The van der Waals surface area contributed by atoms with E-state index < -0.39 is 6.09 Å². The van der Waals surface area contributed by atoms with E-state index in [0.717, 1.165) is 12.3 Å². The summed E-state index contributed by atoms with van der Waals surface area (Å²) in [5.74, 6) is 0.747. The van der Waals surface area contributed by atoms with Gasteiger partial charge >= 0.3 is 0 Å². The molecule has 5 nitrogen and oxygen atoms in total. The van der Waals surface area contributed by atoms with E-state index in [0.29, 0.717) is 13.1 Å². The number of nitrogens with zero attached hydrogens (tertiary/aromatic N) is 2. The summed E-state index contributed by atoms with van der Waals surface area (Å²) in [5, 5.41) is 10.6. The van der Waals surface area contributed by atoms with Gasteiger partial charge in [-0.3, -0.25) is 0 Å². The van der Waals surface area contributed by atoms with Crippen molar-refractivity contribution >= 4 is 6.09 Å². The van der Waals surface area contributed by atoms with Crippen LogP contribution in [0.3, 0.4) is 0 Å². The van der Waals surface area contributed by atoms with Crippen LogP contribution in [0.2, 0.25) is 0 Å². The molecular weight excluding hydrogens is 268 g/mol. The number of aromatic nitrogens is 1. The van der Waals surface area contributed by atoms with Gasteiger partial charge in [-0.25, -0.2) is 0 Å². The van der Waals surface area contributed by atoms with Crippen LogP contribution >= 0.6 is 0 Å². The fourth-order valence-corrected chi connectivity index (χ4v) is 2.31. The van der Waals surface area contributed by atoms with Crippen molar-refractivity contribution in [1.29, 1.82) is 0 Å². The second-order valence-electron chi connectivity index (χ2n) is 5.11. The standard InChI is InChI=1S/C16H16N2O3/c19-16(20)18-11-15(12-18)21-14-7-4-8-17(10-14)9-13-5-2-1-3-6-13/h1-8,10,15H,9,11-12H2. The third kappa shape index (κ3) is 3.31. The van der Waals surface area contributed by atoms with Crippen molar-refractivity contribution in [2.45, 2.75) is 12.6 Å². The molecule has 0 bridgehead atoms. The molecule has 1 aliphatic rings. The molecule has 0 spiro atoms. The molecule has 108 valence electrons. The molecule has 0 radical (unpaired) electrons. The predicted octanol–water partition coefficient (Wildman–Crippen LogP) is 0.429. The highest BCUT2D eigenvalue weighted by atomic mass is 16.5. The number of carbonyl (C=O) groups excluding carboxylic acids is 1. The van der Waals surface area contributed by atoms with Crippen LogP contribution in [0.4, 0.5) is 4.79 Å². The summed E-state index contributed by atoms with van der Waals surface area (Å²) in [6, 6.07) is 14.0. The van der Waals surface area contributed by atoms with Crippen molar-refractivity contribution in [2.24, 2.45) is 0 Å². The van der Waals surface area contributed by atoms with Crippen LogP contribution in [0.1, 0.15) is 5.56 Å². The van der Waals surface area contributed by atoms with Crippen molar-refractivity contribution in [3.8, 4) is 5.75 Å². The minimum atomic E-state index is -1.14. The molecule has 1 saturated heterocycles. The fourth-order valence-electron chi connectivity index (χ4n) is 2.31. The Hall–Kier alpha value is -2.56. The van der Waals surface area contributed by atoms with E-state index in [4.69, 9.17) is 4.74 Å². The molecule has 21 heavy (non-hydrogen) atoms. The fraction of sp³-hybridized carbons (Fsp3) is 0.250. The highest BCUT2D eigenvalue weighted by molar-refractivity contribution is 5.63. The van der Waals surface area contributed by atoms with Crippen molar-refractivity contribution in [1.82, 2.24) is 4.90 Å². The third-order valence-corrected chi connectivity index (χ3v) is 3.45. The molecule has 3 rings (SSSR count). The summed E-state index contributed by atoms with van der Waals surface area (Å²) in [5.41, 5.74) is 1.21. The van der Waals surface area contributed by atoms with Gasteiger partial charge in [-0.2, -0.15) is 4.57 Å². The number of amides is 1. The Labute approximate surface area is 123 Å². The summed E-state index contributed by atoms with van der Waals surface area (Å²) in [7, 11) is 0. The van der Waals surface area contributed by atoms with Crippen molar-refractivity contribution in [3.05, 3.63) is 60.4 Å². The van der Waals surface area contributed by atoms with E-state index in [2.05, 4.69) is 12.1 Å². The lowest BCUT2D eigenvalue weighted by Gasteiger charge is -2.40. The first-order chi connectivity index (χ1) is 10.2. The molecule has 1 aliphatic heterocycles. The second kappa shape index (κ2) is 5.83. The summed E-state index contributed by atoms with van der Waals surface area (Å²) in [6.07, 6.45) is 2.68. The summed E-state index contributed by atoms with van der Waals surface area (Å²) >= 11 is 0. The number of likely N-dealkylation sites (tertiary alicyclic amines) is 1. The Balaban J connectivity index is 1.60. The van der Waals surface area contributed by atoms with Gasteiger partial charge in [0.1, 0.15) is 12.2 Å². The summed E-state index contributed by atoms with van der Waals surface area (Å²) in [4.78, 5) is 11.8. The summed E-state index contributed by atoms with van der Waals surface area (Å²) in [6.45, 7) is 1.51. The van der Waals surface area contributed by atoms with Crippen LogP contribution < -0.4 is 14.4 Å². The highest BCUT2D eigenvalue weighted by Crippen LogP contribution is 2.16. The predicted molar refractivity (Wildman–Crippen MR) is 73.6 cm³/mol. The second-order valence-corrected chi connectivity index (χ2v) is 5.11. The van der Waals surface area contributed by atoms with Crippen molar-refractivity contribution < 1.29 is 19.2 Å². The van der Waals surface area contributed by atoms with Crippen LogP contribution in [-0.2, 0) is 6.54 Å². The number of pyridine rings is 1. The van der Waals surface area contributed by atoms with Crippen molar-refractivity contribution in [3.63, 3.8) is 0 Å². The Kier molecular flexibility index (Phi) is 3.73. The molecule has 2 aromatic rings. The first-order valence-electron chi connectivity index (χ1n) is 6.86. The van der Waals surface area contributed by atoms with Gasteiger partial charge in [-0.15, -0.1) is 0 Å². The molecular formula is C16H16N2O3. The smallest absolute Gasteiger partial charge is 0.211 e. The first-order valence-corrected chi connectivity index (χ1v) is 6.86. The summed E-state index contributed by atoms with van der Waals surface area (Å²) < 4.78 is 7.80. The Morgan fingerprint density at radius 1 is 1.24 bits per heavy atom. The number of ether oxygens (including phenoxy) is 1. The molecule has 0 N–H and O–H groups in total. The number of hydrogen-bond donors (Lipinski definition) is 0. The van der Waals surface area contributed by atoms with Crippen LogP contribution in [0.15, 0.2) is 54.9 Å². The van der Waals surface area contributed by atoms with E-state index in [9.17, 15) is 9.90 Å². The molecule has 0 atom stereocenters. The molecule has 0 unspecified atom stereocenters. The first kappa shape index (κ1) is 13.4. The molecule has 1 amide bonds. The Bertz CT molecular complexity index is 624. The van der Waals surface area contributed by atoms with Crippen LogP contribution in [0.25, 0.3) is 0 Å². The van der Waals surface area contributed by atoms with Gasteiger partial charge in [-0.1, -0.05) is 30.3 Å². The molecule has 1 aromatic heterocycles. The lowest BCUT2D eigenvalue weighted by molar-refractivity contribution is -0.688. The lowest BCUT2D eigenvalue weighted by Crippen LogP contribution is -2.59. The normalized spacial score (nSPS) is 14.6. The monoisotopic (exact) mass is 284 g/mol. The molecule has 1 aromatic carbocycles. The SMILES string of the molecule is O=C([O-])N1CC(Oc2ccc[n+](Cc3ccccc3)c2)C1. The zero-order valence-electron chi connectivity index (χ0n) is 11.5. The molecule has 1 fully saturated rings. The molecule has 5 heteroatoms. The van der Waals surface area contributed by atoms with E-state index >= 15 is 0 Å². The van der Waals surface area contributed by atoms with Gasteiger partial charge in [0, 0.05) is 11.6 Å². The van der Waals surface area contributed by atoms with E-state index in [1.54, 1.807) is 0 Å². The van der Waals surface area contributed by atoms with E-state index in [1.807, 2.05) is 47.3 Å². The van der Waals surface area contributed by atoms with Crippen LogP contribution in [0.5, 0.6) is 5.75 Å². The number of hydrogen-bond acceptors (Lipinski definition) is 3. The zero-order chi connectivity index (χ0) is 14.7. The van der Waals surface area contributed by atoms with Gasteiger partial charge < -0.3 is 19.5 Å². The van der Waals surface area contributed by atoms with Crippen molar-refractivity contribution in [2.75, 3.05) is 13.1 Å². The van der Waals surface area contributed by atoms with Gasteiger partial charge in [-0.05, 0) is 6.07 Å². The number of carboxylic acid groups (broad SMARTS) is 1. The lowest BCUT2D eigenvalue weighted by atomic mass is 10.2. The topological polar surface area (TPSA) is 56.5 Å². The van der Waals surface area contributed by atoms with Crippen LogP contribution in [-0.4, -0.2) is 30.2 Å². The van der Waals surface area contributed by atoms with E-state index in [1.165, 1.54) is 10.5 Å². The Morgan fingerprint density at radius 2 is 2.00 bits per heavy atom. The van der Waals surface area contributed by atoms with Crippen LogP contribution in [0, 0.1) is 0 Å². The highest BCUT2D eigenvalue weighted by Gasteiger charge is 2.28. The Morgan fingerprint density at radius 3 is 2.71 bits per heavy atom. The average Bonchev–Trinajstić information content (AvgIpc) is 2.43. The molecule has 2 heterocycles. The zero-order valence-corrected chi connectivity index (χ0v) is 11.5. The molecule has 0 saturated carbocycles. The number of benzene rings is 1. The van der Waals surface area contributed by atoms with Gasteiger partial charge in [0.25, 0.3) is 0 Å². The quantitative estimate of drug-likeness (QED) is 0.765. The minimum absolute atomic E-state index is 0.0875. The largest absolute Gasteiger partial charge is 0.530 e. The van der Waals surface area contributed by atoms with Gasteiger partial charge in [0.15, 0.2) is 18.5 Å². The average molecular weight is 284 g/mol. The maximum absolute atomic E-state index is 10.6. The number of carbonyl (C=O) groups is 1. The van der Waals surface area contributed by atoms with Gasteiger partial charge in [0.2, 0.25) is 6.20 Å². The number of rotatable bonds is 4. The minimum Gasteiger partial charge on any atom is -0.530 e. The molecule has 0 aliphatic carbocycles. The maximum Gasteiger partial charge on any atom is 0.211 e.